The minimum absolute atomic E-state index is 0.0803. The van der Waals surface area contributed by atoms with Gasteiger partial charge in [-0.3, -0.25) is 9.59 Å². The maximum Gasteiger partial charge on any atom is 0.435 e. The van der Waals surface area contributed by atoms with Gasteiger partial charge in [0.1, 0.15) is 11.7 Å². The first kappa shape index (κ1) is 25.9. The first-order valence-electron chi connectivity index (χ1n) is 11.7. The SMILES string of the molecule is O=C(NCCCC(=O)C1CCC(c2nnc(CCl)o2)CC1)c1cn(-c2ccccc2)nc1C(F)(F)F. The molecule has 2 heterocycles. The van der Waals surface area contributed by atoms with Crippen LogP contribution in [0.4, 0.5) is 13.2 Å². The molecule has 0 atom stereocenters. The van der Waals surface area contributed by atoms with Gasteiger partial charge < -0.3 is 9.73 Å². The predicted octanol–water partition coefficient (Wildman–Crippen LogP) is 5.07. The Balaban J connectivity index is 1.26. The summed E-state index contributed by atoms with van der Waals surface area (Å²) in [5.41, 5.74) is -1.41. The van der Waals surface area contributed by atoms with Gasteiger partial charge in [0, 0.05) is 31.0 Å². The first-order chi connectivity index (χ1) is 17.3. The zero-order valence-electron chi connectivity index (χ0n) is 19.3. The Morgan fingerprint density at radius 1 is 1.11 bits per heavy atom. The summed E-state index contributed by atoms with van der Waals surface area (Å²) in [5.74, 6) is 0.306. The number of aromatic nitrogens is 4. The van der Waals surface area contributed by atoms with Crippen molar-refractivity contribution in [1.82, 2.24) is 25.3 Å². The second-order valence-electron chi connectivity index (χ2n) is 8.71. The Hall–Kier alpha value is -3.21. The molecule has 1 N–H and O–H groups in total. The number of halogens is 4. The van der Waals surface area contributed by atoms with Gasteiger partial charge in [-0.1, -0.05) is 18.2 Å². The molecule has 0 aliphatic heterocycles. The van der Waals surface area contributed by atoms with E-state index >= 15 is 0 Å². The van der Waals surface area contributed by atoms with E-state index < -0.39 is 23.3 Å². The van der Waals surface area contributed by atoms with Crippen LogP contribution in [0.2, 0.25) is 0 Å². The van der Waals surface area contributed by atoms with E-state index in [2.05, 4.69) is 20.6 Å². The molecule has 0 saturated heterocycles. The van der Waals surface area contributed by atoms with Gasteiger partial charge in [-0.05, 0) is 44.2 Å². The minimum Gasteiger partial charge on any atom is -0.424 e. The summed E-state index contributed by atoms with van der Waals surface area (Å²) < 4.78 is 47.0. The molecular weight excluding hydrogens is 499 g/mol. The molecule has 1 aromatic carbocycles. The van der Waals surface area contributed by atoms with Gasteiger partial charge in [-0.15, -0.1) is 21.8 Å². The Labute approximate surface area is 210 Å². The maximum absolute atomic E-state index is 13.5. The Bertz CT molecular complexity index is 1190. The number of carbonyl (C=O) groups excluding carboxylic acids is 2. The molecule has 36 heavy (non-hydrogen) atoms. The third-order valence-electron chi connectivity index (χ3n) is 6.26. The lowest BCUT2D eigenvalue weighted by molar-refractivity contribution is -0.141. The van der Waals surface area contributed by atoms with E-state index in [0.29, 0.717) is 36.7 Å². The van der Waals surface area contributed by atoms with Crippen LogP contribution in [0.3, 0.4) is 0 Å². The van der Waals surface area contributed by atoms with Crippen molar-refractivity contribution >= 4 is 23.3 Å². The van der Waals surface area contributed by atoms with Crippen molar-refractivity contribution < 1.29 is 27.2 Å². The van der Waals surface area contributed by atoms with Crippen LogP contribution in [0.25, 0.3) is 5.69 Å². The van der Waals surface area contributed by atoms with Crippen molar-refractivity contribution in [2.75, 3.05) is 6.54 Å². The van der Waals surface area contributed by atoms with Gasteiger partial charge in [-0.2, -0.15) is 18.3 Å². The fraction of sp³-hybridized carbons (Fsp3) is 0.458. The number of alkyl halides is 4. The molecule has 2 aromatic heterocycles. The summed E-state index contributed by atoms with van der Waals surface area (Å²) in [5, 5.41) is 14.0. The quantitative estimate of drug-likeness (QED) is 0.310. The number of nitrogens with zero attached hydrogens (tertiary/aromatic N) is 4. The molecule has 1 aliphatic rings. The average molecular weight is 524 g/mol. The highest BCUT2D eigenvalue weighted by Crippen LogP contribution is 2.36. The Morgan fingerprint density at radius 2 is 1.83 bits per heavy atom. The number of amides is 1. The van der Waals surface area contributed by atoms with Crippen molar-refractivity contribution in [3.05, 3.63) is 59.6 Å². The summed E-state index contributed by atoms with van der Waals surface area (Å²) in [6.45, 7) is 0.0803. The smallest absolute Gasteiger partial charge is 0.424 e. The fourth-order valence-electron chi connectivity index (χ4n) is 4.37. The molecule has 3 aromatic rings. The maximum atomic E-state index is 13.5. The molecule has 192 valence electrons. The number of nitrogens with one attached hydrogen (secondary N) is 1. The molecule has 0 unspecified atom stereocenters. The monoisotopic (exact) mass is 523 g/mol. The normalized spacial score (nSPS) is 18.2. The summed E-state index contributed by atoms with van der Waals surface area (Å²) in [7, 11) is 0. The molecule has 8 nitrogen and oxygen atoms in total. The highest BCUT2D eigenvalue weighted by Gasteiger charge is 2.39. The van der Waals surface area contributed by atoms with Gasteiger partial charge in [0.15, 0.2) is 5.69 Å². The van der Waals surface area contributed by atoms with Gasteiger partial charge >= 0.3 is 6.18 Å². The molecule has 1 saturated carbocycles. The van der Waals surface area contributed by atoms with Crippen molar-refractivity contribution in [1.29, 1.82) is 0 Å². The van der Waals surface area contributed by atoms with Gasteiger partial charge in [0.25, 0.3) is 5.91 Å². The third-order valence-corrected chi connectivity index (χ3v) is 6.49. The second-order valence-corrected chi connectivity index (χ2v) is 8.98. The largest absolute Gasteiger partial charge is 0.435 e. The predicted molar refractivity (Wildman–Crippen MR) is 124 cm³/mol. The van der Waals surface area contributed by atoms with Crippen LogP contribution in [0.15, 0.2) is 40.9 Å². The molecule has 0 radical (unpaired) electrons. The molecule has 1 amide bonds. The number of benzene rings is 1. The lowest BCUT2D eigenvalue weighted by Gasteiger charge is -2.25. The van der Waals surface area contributed by atoms with Crippen molar-refractivity contribution in [2.24, 2.45) is 5.92 Å². The lowest BCUT2D eigenvalue weighted by Crippen LogP contribution is -2.27. The van der Waals surface area contributed by atoms with E-state index in [0.717, 1.165) is 23.7 Å². The van der Waals surface area contributed by atoms with E-state index in [1.807, 2.05) is 0 Å². The van der Waals surface area contributed by atoms with E-state index in [-0.39, 0.29) is 36.5 Å². The second kappa shape index (κ2) is 11.2. The standard InChI is InChI=1S/C24H25ClF3N5O3/c25-13-20-30-31-23(36-20)16-10-8-15(9-11-16)19(34)7-4-12-29-22(35)18-14-33(17-5-2-1-3-6-17)32-21(18)24(26,27)28/h1-3,5-6,14-16H,4,7-13H2,(H,29,35). The van der Waals surface area contributed by atoms with Crippen molar-refractivity contribution in [3.63, 3.8) is 0 Å². The van der Waals surface area contributed by atoms with Gasteiger partial charge in [-0.25, -0.2) is 4.68 Å². The summed E-state index contributed by atoms with van der Waals surface area (Å²) >= 11 is 5.69. The zero-order chi connectivity index (χ0) is 25.7. The minimum atomic E-state index is -4.78. The number of hydrogen-bond donors (Lipinski definition) is 1. The van der Waals surface area contributed by atoms with Gasteiger partial charge in [0.2, 0.25) is 11.8 Å². The summed E-state index contributed by atoms with van der Waals surface area (Å²) in [6, 6.07) is 8.23. The van der Waals surface area contributed by atoms with E-state index in [9.17, 15) is 22.8 Å². The summed E-state index contributed by atoms with van der Waals surface area (Å²) in [4.78, 5) is 25.1. The lowest BCUT2D eigenvalue weighted by atomic mass is 9.79. The van der Waals surface area contributed by atoms with Crippen LogP contribution >= 0.6 is 11.6 Å². The number of para-hydroxylation sites is 1. The van der Waals surface area contributed by atoms with Crippen molar-refractivity contribution in [3.8, 4) is 5.69 Å². The first-order valence-corrected chi connectivity index (χ1v) is 12.2. The van der Waals surface area contributed by atoms with Crippen LogP contribution in [-0.2, 0) is 16.9 Å². The Kier molecular flexibility index (Phi) is 8.07. The number of hydrogen-bond acceptors (Lipinski definition) is 6. The van der Waals surface area contributed by atoms with Crippen molar-refractivity contribution in [2.45, 2.75) is 56.5 Å². The highest BCUT2D eigenvalue weighted by molar-refractivity contribution is 6.16. The van der Waals surface area contributed by atoms with Crippen LogP contribution in [0.1, 0.15) is 72.3 Å². The molecule has 1 aliphatic carbocycles. The number of Topliss-reactive ketones (excluding diaryl/α,β-unsaturated/α-hetero) is 1. The fourth-order valence-corrected chi connectivity index (χ4v) is 4.48. The third kappa shape index (κ3) is 6.13. The van der Waals surface area contributed by atoms with Crippen LogP contribution < -0.4 is 5.32 Å². The molecule has 4 rings (SSSR count). The summed E-state index contributed by atoms with van der Waals surface area (Å²) in [6.07, 6.45) is -0.246. The van der Waals surface area contributed by atoms with Crippen LogP contribution in [0, 0.1) is 5.92 Å². The molecule has 12 heteroatoms. The van der Waals surface area contributed by atoms with Gasteiger partial charge in [0.05, 0.1) is 11.3 Å². The zero-order valence-corrected chi connectivity index (χ0v) is 20.1. The van der Waals surface area contributed by atoms with E-state index in [1.165, 1.54) is 0 Å². The number of carbonyl (C=O) groups is 2. The molecule has 1 fully saturated rings. The average Bonchev–Trinajstić information content (AvgIpc) is 3.55. The molecule has 0 spiro atoms. The molecular formula is C24H25ClF3N5O3. The van der Waals surface area contributed by atoms with Crippen LogP contribution in [0.5, 0.6) is 0 Å². The number of rotatable bonds is 9. The van der Waals surface area contributed by atoms with E-state index in [4.69, 9.17) is 16.0 Å². The topological polar surface area (TPSA) is 103 Å². The number of ketones is 1. The Morgan fingerprint density at radius 3 is 2.47 bits per heavy atom. The van der Waals surface area contributed by atoms with E-state index in [1.54, 1.807) is 30.3 Å². The highest BCUT2D eigenvalue weighted by atomic mass is 35.5. The molecule has 0 bridgehead atoms. The van der Waals surface area contributed by atoms with Crippen LogP contribution in [-0.4, -0.2) is 38.2 Å².